The van der Waals surface area contributed by atoms with Gasteiger partial charge in [-0.1, -0.05) is 125 Å². The standard InChI is InChI=1S/C17H32O2.C14H22O2.C14H26O2.C13H23ClO2.C13H24O2/c1-6-15-11-12(2)18-16(19-15)13-7-9-14(10-8-13)17(3,4)5;1-3-12-6-9(2)15-14(16-12)13-8-10-4-5-11(13)7-10;1-3-13-9-11(2)15-14(16-13)10-12-7-5-4-6-8-12;1-3-12-7-9(2)15-13(16-12)10-5-4-6-11(14)8-10;1-3-12-9-10(2)14-13(15-12)11-7-5-4-6-8-11/h12-16H,6-11H2,1-5H3;4-5,9-14H,3,6-8H2,1-2H3;11-14H,3-10H2,1-2H3;9-13H,3-8H2,1-2H3;10-13H,3-9H2,1-2H3. The van der Waals surface area contributed by atoms with E-state index in [9.17, 15) is 0 Å². The van der Waals surface area contributed by atoms with Crippen molar-refractivity contribution in [2.45, 2.75) is 387 Å². The number of fused-ring (bicyclic) bond motifs is 2. The Bertz CT molecular complexity index is 1740. The minimum atomic E-state index is -0.00440. The molecule has 11 heteroatoms. The highest BCUT2D eigenvalue weighted by Crippen LogP contribution is 2.48. The summed E-state index contributed by atoms with van der Waals surface area (Å²) in [6.45, 7) is 29.0. The van der Waals surface area contributed by atoms with E-state index in [0.29, 0.717) is 95.5 Å². The van der Waals surface area contributed by atoms with Crippen LogP contribution in [0.25, 0.3) is 0 Å². The molecule has 0 aromatic carbocycles. The minimum Gasteiger partial charge on any atom is -0.350 e. The lowest BCUT2D eigenvalue weighted by Gasteiger charge is -2.42. The second-order valence-electron chi connectivity index (χ2n) is 29.2. The summed E-state index contributed by atoms with van der Waals surface area (Å²) in [4.78, 5) is 0. The molecule has 0 aromatic heterocycles. The highest BCUT2D eigenvalue weighted by Gasteiger charge is 2.44. The fourth-order valence-electron chi connectivity index (χ4n) is 15.9. The maximum Gasteiger partial charge on any atom is 0.161 e. The van der Waals surface area contributed by atoms with Crippen LogP contribution >= 0.6 is 11.6 Å². The highest BCUT2D eigenvalue weighted by atomic mass is 35.5. The molecule has 2 bridgehead atoms. The zero-order chi connectivity index (χ0) is 58.8. The van der Waals surface area contributed by atoms with Crippen LogP contribution in [0, 0.1) is 52.8 Å². The molecule has 10 fully saturated rings. The second-order valence-corrected chi connectivity index (χ2v) is 29.8. The molecule has 11 aliphatic rings. The van der Waals surface area contributed by atoms with Gasteiger partial charge in [-0.05, 0) is 199 Å². The molecule has 0 spiro atoms. The van der Waals surface area contributed by atoms with E-state index in [4.69, 9.17) is 59.0 Å². The number of halogens is 1. The van der Waals surface area contributed by atoms with Crippen molar-refractivity contribution in [2.24, 2.45) is 52.8 Å². The van der Waals surface area contributed by atoms with Crippen molar-refractivity contribution in [1.29, 1.82) is 0 Å². The molecular weight excluding hydrogens is 1050 g/mol. The SMILES string of the molecule is CCC1CC(C)OC(C2CC3C=CC2C3)O1.CCC1CC(C)OC(C2CCC(C(C)(C)C)CC2)O1.CCC1CC(C)OC(C2CCCC(Cl)C2)O1.CCC1CC(C)OC(C2CCCCC2)O1.CCC1CC(C)OC(CC2CCCCC2)O1. The predicted octanol–water partition coefficient (Wildman–Crippen LogP) is 19.0. The van der Waals surface area contributed by atoms with Gasteiger partial charge >= 0.3 is 0 Å². The molecule has 10 nitrogen and oxygen atoms in total. The molecule has 20 atom stereocenters. The highest BCUT2D eigenvalue weighted by molar-refractivity contribution is 6.20. The van der Waals surface area contributed by atoms with E-state index in [0.717, 1.165) is 107 Å². The molecule has 0 amide bonds. The summed E-state index contributed by atoms with van der Waals surface area (Å²) in [6.07, 6.45) is 47.1. The number of alkyl halides is 1. The second kappa shape index (κ2) is 35.1. The van der Waals surface area contributed by atoms with Crippen molar-refractivity contribution in [2.75, 3.05) is 0 Å². The largest absolute Gasteiger partial charge is 0.350 e. The zero-order valence-electron chi connectivity index (χ0n) is 54.9. The molecule has 82 heavy (non-hydrogen) atoms. The Morgan fingerprint density at radius 2 is 0.793 bits per heavy atom. The average Bonchev–Trinajstić information content (AvgIpc) is 4.32. The van der Waals surface area contributed by atoms with E-state index in [-0.39, 0.29) is 31.5 Å². The molecule has 0 N–H and O–H groups in total. The van der Waals surface area contributed by atoms with Crippen LogP contribution in [-0.4, -0.2) is 97.9 Å². The molecule has 0 aromatic rings. The first kappa shape index (κ1) is 69.1. The summed E-state index contributed by atoms with van der Waals surface area (Å²) in [6, 6.07) is 0. The molecule has 5 heterocycles. The fraction of sp³-hybridized carbons (Fsp3) is 0.972. The monoisotopic (exact) mass is 1170 g/mol. The van der Waals surface area contributed by atoms with Crippen molar-refractivity contribution < 1.29 is 47.4 Å². The van der Waals surface area contributed by atoms with Crippen LogP contribution < -0.4 is 0 Å². The summed E-state index contributed by atoms with van der Waals surface area (Å²) in [5, 5.41) is 0.322. The lowest BCUT2D eigenvalue weighted by Crippen LogP contribution is -2.42. The van der Waals surface area contributed by atoms with Crippen molar-refractivity contribution in [3.05, 3.63) is 12.2 Å². The van der Waals surface area contributed by atoms with E-state index in [1.54, 1.807) is 0 Å². The maximum absolute atomic E-state index is 6.23. The van der Waals surface area contributed by atoms with Gasteiger partial charge in [-0.2, -0.15) is 0 Å². The van der Waals surface area contributed by atoms with Crippen LogP contribution in [0.15, 0.2) is 12.2 Å². The van der Waals surface area contributed by atoms with Gasteiger partial charge in [0.15, 0.2) is 31.5 Å². The van der Waals surface area contributed by atoms with Crippen LogP contribution in [0.2, 0.25) is 0 Å². The zero-order valence-corrected chi connectivity index (χ0v) is 55.6. The first-order valence-corrected chi connectivity index (χ1v) is 35.7. The third kappa shape index (κ3) is 22.3. The van der Waals surface area contributed by atoms with Gasteiger partial charge in [0.05, 0.1) is 61.0 Å². The molecule has 11 rings (SSSR count). The first-order valence-electron chi connectivity index (χ1n) is 35.3. The molecule has 0 radical (unpaired) electrons. The molecule has 5 aliphatic heterocycles. The van der Waals surface area contributed by atoms with Crippen LogP contribution in [0.4, 0.5) is 0 Å². The molecule has 5 saturated carbocycles. The van der Waals surface area contributed by atoms with Gasteiger partial charge in [-0.15, -0.1) is 11.6 Å². The van der Waals surface area contributed by atoms with Gasteiger partial charge in [0, 0.05) is 35.5 Å². The smallest absolute Gasteiger partial charge is 0.161 e. The molecule has 5 saturated heterocycles. The Balaban J connectivity index is 0.000000148. The van der Waals surface area contributed by atoms with Gasteiger partial charge in [0.25, 0.3) is 0 Å². The number of allylic oxidation sites excluding steroid dienone is 2. The lowest BCUT2D eigenvalue weighted by atomic mass is 9.69. The number of rotatable bonds is 11. The lowest BCUT2D eigenvalue weighted by molar-refractivity contribution is -0.264. The van der Waals surface area contributed by atoms with E-state index >= 15 is 0 Å². The van der Waals surface area contributed by atoms with Gasteiger partial charge < -0.3 is 47.4 Å². The van der Waals surface area contributed by atoms with Crippen LogP contribution in [0.5, 0.6) is 0 Å². The van der Waals surface area contributed by atoms with Crippen molar-refractivity contribution in [3.63, 3.8) is 0 Å². The van der Waals surface area contributed by atoms with Gasteiger partial charge in [0.2, 0.25) is 0 Å². The van der Waals surface area contributed by atoms with E-state index < -0.39 is 0 Å². The summed E-state index contributed by atoms with van der Waals surface area (Å²) in [7, 11) is 0. The average molecular weight is 1180 g/mol. The van der Waals surface area contributed by atoms with E-state index in [2.05, 4.69) is 102 Å². The summed E-state index contributed by atoms with van der Waals surface area (Å²) >= 11 is 6.23. The Labute approximate surface area is 508 Å². The van der Waals surface area contributed by atoms with Crippen LogP contribution in [0.3, 0.4) is 0 Å². The predicted molar refractivity (Wildman–Crippen MR) is 334 cm³/mol. The summed E-state index contributed by atoms with van der Waals surface area (Å²) < 4.78 is 60.1. The topological polar surface area (TPSA) is 92.3 Å². The molecule has 6 aliphatic carbocycles. The Morgan fingerprint density at radius 1 is 0.378 bits per heavy atom. The van der Waals surface area contributed by atoms with Gasteiger partial charge in [-0.3, -0.25) is 0 Å². The number of hydrogen-bond acceptors (Lipinski definition) is 10. The molecule has 478 valence electrons. The van der Waals surface area contributed by atoms with Crippen molar-refractivity contribution >= 4 is 11.6 Å². The minimum absolute atomic E-state index is 0.00440. The third-order valence-corrected chi connectivity index (χ3v) is 21.5. The van der Waals surface area contributed by atoms with Gasteiger partial charge in [0.1, 0.15) is 0 Å². The van der Waals surface area contributed by atoms with E-state index in [1.165, 1.54) is 116 Å². The Kier molecular flexibility index (Phi) is 29.6. The summed E-state index contributed by atoms with van der Waals surface area (Å²) in [5.41, 5.74) is 0.457. The van der Waals surface area contributed by atoms with Crippen molar-refractivity contribution in [1.82, 2.24) is 0 Å². The normalized spacial score (nSPS) is 42.9. The quantitative estimate of drug-likeness (QED) is 0.147. The van der Waals surface area contributed by atoms with Gasteiger partial charge in [-0.25, -0.2) is 0 Å². The molecule has 20 unspecified atom stereocenters. The maximum atomic E-state index is 6.23. The Morgan fingerprint density at radius 3 is 1.23 bits per heavy atom. The first-order chi connectivity index (χ1) is 39.4. The number of hydrogen-bond donors (Lipinski definition) is 0. The third-order valence-electron chi connectivity index (χ3n) is 21.1. The summed E-state index contributed by atoms with van der Waals surface area (Å²) in [5.74, 6) is 5.65. The molecular formula is C71H127ClO10. The van der Waals surface area contributed by atoms with Crippen LogP contribution in [-0.2, 0) is 47.4 Å². The Hall–Kier alpha value is -0.370. The van der Waals surface area contributed by atoms with E-state index in [1.807, 2.05) is 0 Å². The van der Waals surface area contributed by atoms with Crippen molar-refractivity contribution in [3.8, 4) is 0 Å². The van der Waals surface area contributed by atoms with Crippen LogP contribution in [0.1, 0.15) is 289 Å². The number of ether oxygens (including phenoxy) is 10. The fourth-order valence-corrected chi connectivity index (χ4v) is 16.3.